The molecule has 5 nitrogen and oxygen atoms in total. The number of carbonyl (C=O) groups is 2. The van der Waals surface area contributed by atoms with Crippen LogP contribution in [0.5, 0.6) is 0 Å². The van der Waals surface area contributed by atoms with Crippen LogP contribution < -0.4 is 0 Å². The van der Waals surface area contributed by atoms with Crippen molar-refractivity contribution in [2.24, 2.45) is 5.92 Å². The summed E-state index contributed by atoms with van der Waals surface area (Å²) in [6, 6.07) is 17.8. The molecule has 2 aliphatic heterocycles. The molecule has 2 heterocycles. The molecule has 1 atom stereocenters. The zero-order chi connectivity index (χ0) is 21.1. The van der Waals surface area contributed by atoms with Gasteiger partial charge in [-0.2, -0.15) is 0 Å². The van der Waals surface area contributed by atoms with Gasteiger partial charge in [-0.25, -0.2) is 0 Å². The normalized spacial score (nSPS) is 18.0. The SMILES string of the molecule is CC(C)C[C@H](C(=O)N1CCN(Cc2ccccc2)CC1)N1Cc2ccccc2C1=O. The Labute approximate surface area is 179 Å². The highest BCUT2D eigenvalue weighted by Gasteiger charge is 2.38. The Kier molecular flexibility index (Phi) is 6.18. The standard InChI is InChI=1S/C25H31N3O2/c1-19(2)16-23(28-18-21-10-6-7-11-22(21)24(28)29)25(30)27-14-12-26(13-15-27)17-20-8-4-3-5-9-20/h3-11,19,23H,12-18H2,1-2H3/t23-/m1/s1. The Bertz CT molecular complexity index is 888. The fraction of sp³-hybridized carbons (Fsp3) is 0.440. The fourth-order valence-electron chi connectivity index (χ4n) is 4.52. The second-order valence-electron chi connectivity index (χ2n) is 8.82. The van der Waals surface area contributed by atoms with E-state index in [9.17, 15) is 9.59 Å². The predicted molar refractivity (Wildman–Crippen MR) is 118 cm³/mol. The highest BCUT2D eigenvalue weighted by Crippen LogP contribution is 2.28. The molecule has 4 rings (SSSR count). The molecular weight excluding hydrogens is 374 g/mol. The molecule has 2 aromatic carbocycles. The minimum atomic E-state index is -0.384. The number of amides is 2. The molecule has 0 aromatic heterocycles. The third-order valence-electron chi connectivity index (χ3n) is 6.14. The van der Waals surface area contributed by atoms with E-state index in [0.29, 0.717) is 18.9 Å². The zero-order valence-corrected chi connectivity index (χ0v) is 18.0. The van der Waals surface area contributed by atoms with Crippen molar-refractivity contribution < 1.29 is 9.59 Å². The second-order valence-corrected chi connectivity index (χ2v) is 8.82. The summed E-state index contributed by atoms with van der Waals surface area (Å²) < 4.78 is 0. The lowest BCUT2D eigenvalue weighted by Gasteiger charge is -2.38. The van der Waals surface area contributed by atoms with E-state index in [0.717, 1.165) is 43.9 Å². The van der Waals surface area contributed by atoms with Gasteiger partial charge in [0.2, 0.25) is 5.91 Å². The molecule has 158 valence electrons. The summed E-state index contributed by atoms with van der Waals surface area (Å²) in [6.07, 6.45) is 0.697. The molecule has 0 radical (unpaired) electrons. The van der Waals surface area contributed by atoms with Gasteiger partial charge in [0, 0.05) is 44.8 Å². The average Bonchev–Trinajstić information content (AvgIpc) is 3.09. The molecule has 0 bridgehead atoms. The second kappa shape index (κ2) is 9.00. The van der Waals surface area contributed by atoms with Gasteiger partial charge in [0.1, 0.15) is 6.04 Å². The van der Waals surface area contributed by atoms with Gasteiger partial charge in [0.25, 0.3) is 5.91 Å². The highest BCUT2D eigenvalue weighted by molar-refractivity contribution is 6.01. The van der Waals surface area contributed by atoms with Crippen molar-refractivity contribution in [3.63, 3.8) is 0 Å². The van der Waals surface area contributed by atoms with Crippen molar-refractivity contribution in [1.29, 1.82) is 0 Å². The van der Waals surface area contributed by atoms with Crippen LogP contribution in [-0.2, 0) is 17.9 Å². The third kappa shape index (κ3) is 4.41. The number of carbonyl (C=O) groups excluding carboxylic acids is 2. The van der Waals surface area contributed by atoms with Crippen LogP contribution in [0.1, 0.15) is 41.8 Å². The first-order valence-corrected chi connectivity index (χ1v) is 11.0. The van der Waals surface area contributed by atoms with Crippen LogP contribution in [0, 0.1) is 5.92 Å². The van der Waals surface area contributed by atoms with Crippen molar-refractivity contribution in [3.05, 3.63) is 71.3 Å². The summed E-state index contributed by atoms with van der Waals surface area (Å²) in [5.74, 6) is 0.436. The first-order chi connectivity index (χ1) is 14.5. The number of hydrogen-bond donors (Lipinski definition) is 0. The smallest absolute Gasteiger partial charge is 0.255 e. The first-order valence-electron chi connectivity index (χ1n) is 11.0. The summed E-state index contributed by atoms with van der Waals surface area (Å²) in [7, 11) is 0. The monoisotopic (exact) mass is 405 g/mol. The van der Waals surface area contributed by atoms with Gasteiger partial charge in [-0.1, -0.05) is 62.4 Å². The number of piperazine rings is 1. The molecule has 1 fully saturated rings. The van der Waals surface area contributed by atoms with Crippen LogP contribution >= 0.6 is 0 Å². The molecule has 0 aliphatic carbocycles. The maximum Gasteiger partial charge on any atom is 0.255 e. The molecule has 5 heteroatoms. The third-order valence-corrected chi connectivity index (χ3v) is 6.14. The summed E-state index contributed by atoms with van der Waals surface area (Å²) in [4.78, 5) is 32.7. The van der Waals surface area contributed by atoms with E-state index in [1.807, 2.05) is 35.2 Å². The molecule has 1 saturated heterocycles. The van der Waals surface area contributed by atoms with E-state index in [2.05, 4.69) is 43.0 Å². The van der Waals surface area contributed by atoms with E-state index in [1.54, 1.807) is 4.90 Å². The molecule has 30 heavy (non-hydrogen) atoms. The van der Waals surface area contributed by atoms with Crippen LogP contribution in [0.3, 0.4) is 0 Å². The summed E-state index contributed by atoms with van der Waals surface area (Å²) in [5, 5.41) is 0. The lowest BCUT2D eigenvalue weighted by molar-refractivity contribution is -0.138. The van der Waals surface area contributed by atoms with Crippen LogP contribution in [0.2, 0.25) is 0 Å². The van der Waals surface area contributed by atoms with Crippen LogP contribution in [0.15, 0.2) is 54.6 Å². The number of benzene rings is 2. The minimum Gasteiger partial charge on any atom is -0.338 e. The predicted octanol–water partition coefficient (Wildman–Crippen LogP) is 3.40. The van der Waals surface area contributed by atoms with Crippen molar-refractivity contribution in [3.8, 4) is 0 Å². The molecule has 0 saturated carbocycles. The lowest BCUT2D eigenvalue weighted by Crippen LogP contribution is -2.55. The van der Waals surface area contributed by atoms with Crippen molar-refractivity contribution >= 4 is 11.8 Å². The van der Waals surface area contributed by atoms with E-state index >= 15 is 0 Å². The average molecular weight is 406 g/mol. The largest absolute Gasteiger partial charge is 0.338 e. The van der Waals surface area contributed by atoms with Crippen molar-refractivity contribution in [1.82, 2.24) is 14.7 Å². The van der Waals surface area contributed by atoms with E-state index < -0.39 is 0 Å². The fourth-order valence-corrected chi connectivity index (χ4v) is 4.52. The quantitative estimate of drug-likeness (QED) is 0.740. The highest BCUT2D eigenvalue weighted by atomic mass is 16.2. The molecule has 0 unspecified atom stereocenters. The van der Waals surface area contributed by atoms with Crippen molar-refractivity contribution in [2.75, 3.05) is 26.2 Å². The summed E-state index contributed by atoms with van der Waals surface area (Å²) in [5.41, 5.74) is 3.07. The number of hydrogen-bond acceptors (Lipinski definition) is 3. The van der Waals surface area contributed by atoms with Gasteiger partial charge < -0.3 is 9.80 Å². The Balaban J connectivity index is 1.42. The Morgan fingerprint density at radius 1 is 0.933 bits per heavy atom. The van der Waals surface area contributed by atoms with Crippen LogP contribution in [0.4, 0.5) is 0 Å². The molecule has 0 spiro atoms. The van der Waals surface area contributed by atoms with Gasteiger partial charge in [-0.3, -0.25) is 14.5 Å². The Hall–Kier alpha value is -2.66. The number of rotatable bonds is 6. The molecule has 0 N–H and O–H groups in total. The topological polar surface area (TPSA) is 43.9 Å². The van der Waals surface area contributed by atoms with Crippen molar-refractivity contribution in [2.45, 2.75) is 39.4 Å². The van der Waals surface area contributed by atoms with E-state index in [1.165, 1.54) is 5.56 Å². The molecule has 2 aliphatic rings. The molecule has 2 amide bonds. The van der Waals surface area contributed by atoms with Gasteiger partial charge in [-0.05, 0) is 29.5 Å². The maximum atomic E-state index is 13.5. The molecule has 2 aromatic rings. The first kappa shape index (κ1) is 20.6. The lowest BCUT2D eigenvalue weighted by atomic mass is 10.0. The van der Waals surface area contributed by atoms with E-state index in [4.69, 9.17) is 0 Å². The molecular formula is C25H31N3O2. The zero-order valence-electron chi connectivity index (χ0n) is 18.0. The maximum absolute atomic E-state index is 13.5. The number of fused-ring (bicyclic) bond motifs is 1. The number of nitrogens with zero attached hydrogens (tertiary/aromatic N) is 3. The van der Waals surface area contributed by atoms with Gasteiger partial charge >= 0.3 is 0 Å². The van der Waals surface area contributed by atoms with Gasteiger partial charge in [0.05, 0.1) is 0 Å². The van der Waals surface area contributed by atoms with E-state index in [-0.39, 0.29) is 17.9 Å². The summed E-state index contributed by atoms with van der Waals surface area (Å²) in [6.45, 7) is 8.85. The van der Waals surface area contributed by atoms with Gasteiger partial charge in [-0.15, -0.1) is 0 Å². The van der Waals surface area contributed by atoms with Crippen LogP contribution in [-0.4, -0.2) is 58.7 Å². The van der Waals surface area contributed by atoms with Crippen LogP contribution in [0.25, 0.3) is 0 Å². The van der Waals surface area contributed by atoms with Gasteiger partial charge in [0.15, 0.2) is 0 Å². The minimum absolute atomic E-state index is 0.00712. The Morgan fingerprint density at radius 2 is 1.60 bits per heavy atom. The Morgan fingerprint density at radius 3 is 2.27 bits per heavy atom. The summed E-state index contributed by atoms with van der Waals surface area (Å²) >= 11 is 0.